The van der Waals surface area contributed by atoms with E-state index in [9.17, 15) is 0 Å². The summed E-state index contributed by atoms with van der Waals surface area (Å²) in [6.07, 6.45) is 1.53. The Hall–Kier alpha value is 0.492. The van der Waals surface area contributed by atoms with Gasteiger partial charge in [-0.2, -0.15) is 0 Å². The van der Waals surface area contributed by atoms with Crippen LogP contribution in [0.4, 0.5) is 0 Å². The summed E-state index contributed by atoms with van der Waals surface area (Å²) in [5.41, 5.74) is 0. The molecule has 0 aliphatic heterocycles. The summed E-state index contributed by atoms with van der Waals surface area (Å²) in [6.45, 7) is 6.47. The Bertz CT molecular complexity index is 54.5. The molecule has 0 fully saturated rings. The van der Waals surface area contributed by atoms with Gasteiger partial charge in [-0.25, -0.2) is 0 Å². The highest BCUT2D eigenvalue weighted by Gasteiger charge is 1.99. The van der Waals surface area contributed by atoms with Crippen molar-refractivity contribution in [3.63, 3.8) is 0 Å². The zero-order valence-corrected chi connectivity index (χ0v) is 7.00. The van der Waals surface area contributed by atoms with E-state index in [2.05, 4.69) is 37.4 Å². The monoisotopic (exact) mass is 128 g/mol. The Morgan fingerprint density at radius 3 is 2.00 bits per heavy atom. The smallest absolute Gasteiger partial charge is 0.369 e. The summed E-state index contributed by atoms with van der Waals surface area (Å²) in [5.74, 6) is 0.741. The summed E-state index contributed by atoms with van der Waals surface area (Å²) in [7, 11) is 0. The lowest BCUT2D eigenvalue weighted by Crippen LogP contribution is -2.08. The largest absolute Gasteiger partial charge is 0.514 e. The summed E-state index contributed by atoms with van der Waals surface area (Å²) >= 11 is 2.28. The van der Waals surface area contributed by atoms with E-state index < -0.39 is 0 Å². The molecule has 0 aliphatic rings. The van der Waals surface area contributed by atoms with Crippen molar-refractivity contribution < 1.29 is 3.79 Å². The van der Waals surface area contributed by atoms with Crippen molar-refractivity contribution in [2.24, 2.45) is 5.92 Å². The van der Waals surface area contributed by atoms with E-state index in [4.69, 9.17) is 3.79 Å². The molecule has 0 rings (SSSR count). The summed E-state index contributed by atoms with van der Waals surface area (Å²) < 4.78 is 4.98. The van der Waals surface area contributed by atoms with E-state index in [1.807, 2.05) is 0 Å². The van der Waals surface area contributed by atoms with E-state index in [0.29, 0.717) is 6.10 Å². The van der Waals surface area contributed by atoms with Crippen LogP contribution in [-0.4, -0.2) is 22.7 Å². The lowest BCUT2D eigenvalue weighted by atomic mass is 10.1. The van der Waals surface area contributed by atoms with Crippen LogP contribution in [-0.2, 0) is 3.79 Å². The molecule has 0 spiro atoms. The van der Waals surface area contributed by atoms with Crippen molar-refractivity contribution in [3.05, 3.63) is 0 Å². The molecule has 46 valence electrons. The van der Waals surface area contributed by atoms with Crippen LogP contribution in [0.15, 0.2) is 0 Å². The van der Waals surface area contributed by atoms with Crippen LogP contribution >= 0.6 is 0 Å². The Kier molecular flexibility index (Phi) is 4.65. The summed E-state index contributed by atoms with van der Waals surface area (Å²) in [4.78, 5) is 0. The Balaban J connectivity index is 3.10. The predicted octanol–water partition coefficient (Wildman–Crippen LogP) is 1.52. The van der Waals surface area contributed by atoms with Crippen LogP contribution in [0.2, 0.25) is 0 Å². The third-order valence-electron chi connectivity index (χ3n) is 1.04. The van der Waals surface area contributed by atoms with Gasteiger partial charge in [-0.1, -0.05) is 13.8 Å². The van der Waals surface area contributed by atoms with Crippen molar-refractivity contribution >= 4 is 16.6 Å². The minimum atomic E-state index is 0.389. The normalized spacial score (nSPS) is 14.5. The first kappa shape index (κ1) is 8.49. The maximum atomic E-state index is 4.98. The van der Waals surface area contributed by atoms with Gasteiger partial charge in [-0.15, -0.1) is 0 Å². The molecule has 0 N–H and O–H groups in total. The Labute approximate surface area is 60.2 Å². The highest BCUT2D eigenvalue weighted by atomic mass is 27.1. The van der Waals surface area contributed by atoms with Crippen molar-refractivity contribution in [2.75, 3.05) is 0 Å². The average molecular weight is 128 g/mol. The van der Waals surface area contributed by atoms with Gasteiger partial charge in [0.05, 0.1) is 0 Å². The van der Waals surface area contributed by atoms with Crippen LogP contribution in [0, 0.1) is 5.92 Å². The van der Waals surface area contributed by atoms with Gasteiger partial charge in [0.15, 0.2) is 0 Å². The van der Waals surface area contributed by atoms with Crippen molar-refractivity contribution in [1.82, 2.24) is 0 Å². The van der Waals surface area contributed by atoms with Gasteiger partial charge in [0.25, 0.3) is 0 Å². The second-order valence-corrected chi connectivity index (χ2v) is 2.85. The standard InChI is InChI=1S/C6H13O.Al/c1-5(2)4-6(3)7;/h5-6H,4H2,1-3H3;/q-1;+1. The summed E-state index contributed by atoms with van der Waals surface area (Å²) in [6, 6.07) is 0. The lowest BCUT2D eigenvalue weighted by Gasteiger charge is -2.12. The molecule has 0 aromatic carbocycles. The molecule has 0 saturated carbocycles. The van der Waals surface area contributed by atoms with Crippen molar-refractivity contribution in [1.29, 1.82) is 0 Å². The minimum Gasteiger partial charge on any atom is -0.514 e. The molecule has 2 heteroatoms. The van der Waals surface area contributed by atoms with Gasteiger partial charge >= 0.3 is 16.6 Å². The topological polar surface area (TPSA) is 9.23 Å². The van der Waals surface area contributed by atoms with E-state index in [1.165, 1.54) is 0 Å². The highest BCUT2D eigenvalue weighted by molar-refractivity contribution is 5.98. The van der Waals surface area contributed by atoms with Gasteiger partial charge in [0, 0.05) is 6.10 Å². The van der Waals surface area contributed by atoms with Gasteiger partial charge in [0.1, 0.15) is 0 Å². The molecule has 1 atom stereocenters. The average Bonchev–Trinajstić information content (AvgIpc) is 1.65. The maximum absolute atomic E-state index is 4.98. The van der Waals surface area contributed by atoms with Gasteiger partial charge < -0.3 is 3.79 Å². The van der Waals surface area contributed by atoms with Crippen molar-refractivity contribution in [2.45, 2.75) is 33.3 Å². The van der Waals surface area contributed by atoms with E-state index in [1.54, 1.807) is 0 Å². The highest BCUT2D eigenvalue weighted by Crippen LogP contribution is 2.05. The van der Waals surface area contributed by atoms with E-state index in [0.717, 1.165) is 12.3 Å². The molecular formula is C6H13AlO. The second kappa shape index (κ2) is 4.38. The van der Waals surface area contributed by atoms with Gasteiger partial charge in [-0.05, 0) is 19.3 Å². The SMILES string of the molecule is CC(C)CC(C)[O][Al]. The Morgan fingerprint density at radius 1 is 1.38 bits per heavy atom. The van der Waals surface area contributed by atoms with Crippen LogP contribution in [0.5, 0.6) is 0 Å². The Morgan fingerprint density at radius 2 is 1.88 bits per heavy atom. The summed E-state index contributed by atoms with van der Waals surface area (Å²) in [5, 5.41) is 0. The first-order valence-electron chi connectivity index (χ1n) is 3.02. The van der Waals surface area contributed by atoms with E-state index in [-0.39, 0.29) is 0 Å². The van der Waals surface area contributed by atoms with Gasteiger partial charge in [-0.3, -0.25) is 0 Å². The molecular weight excluding hydrogens is 115 g/mol. The maximum Gasteiger partial charge on any atom is 0.369 e. The fraction of sp³-hybridized carbons (Fsp3) is 1.00. The second-order valence-electron chi connectivity index (χ2n) is 2.58. The molecule has 0 saturated heterocycles. The van der Waals surface area contributed by atoms with Crippen molar-refractivity contribution in [3.8, 4) is 0 Å². The quantitative estimate of drug-likeness (QED) is 0.523. The lowest BCUT2D eigenvalue weighted by molar-refractivity contribution is 0.211. The van der Waals surface area contributed by atoms with E-state index >= 15 is 0 Å². The van der Waals surface area contributed by atoms with Crippen LogP contribution in [0.25, 0.3) is 0 Å². The first-order valence-corrected chi connectivity index (χ1v) is 3.49. The van der Waals surface area contributed by atoms with Gasteiger partial charge in [0.2, 0.25) is 0 Å². The molecule has 0 aromatic heterocycles. The molecule has 0 amide bonds. The molecule has 1 unspecified atom stereocenters. The first-order chi connectivity index (χ1) is 3.66. The molecule has 0 aliphatic carbocycles. The zero-order chi connectivity index (χ0) is 6.57. The number of rotatable bonds is 3. The molecule has 0 aromatic rings. The van der Waals surface area contributed by atoms with Crippen LogP contribution in [0.1, 0.15) is 27.2 Å². The minimum absolute atomic E-state index is 0.389. The fourth-order valence-corrected chi connectivity index (χ4v) is 0.831. The molecule has 8 heavy (non-hydrogen) atoms. The number of hydrogen-bond acceptors (Lipinski definition) is 1. The molecule has 0 bridgehead atoms. The van der Waals surface area contributed by atoms with Crippen LogP contribution in [0.3, 0.4) is 0 Å². The zero-order valence-electron chi connectivity index (χ0n) is 5.85. The molecule has 2 radical (unpaired) electrons. The third kappa shape index (κ3) is 4.65. The molecule has 0 heterocycles. The third-order valence-corrected chi connectivity index (χ3v) is 1.50. The molecule has 1 nitrogen and oxygen atoms in total. The predicted molar refractivity (Wildman–Crippen MR) is 35.8 cm³/mol. The number of hydrogen-bond donors (Lipinski definition) is 0. The van der Waals surface area contributed by atoms with Crippen LogP contribution < -0.4 is 0 Å². The fourth-order valence-electron chi connectivity index (χ4n) is 0.719.